The molecule has 0 saturated heterocycles. The SMILES string of the molecule is COC(=O)c1cc(CCCN)cn1C. The van der Waals surface area contributed by atoms with E-state index in [0.29, 0.717) is 12.2 Å². The summed E-state index contributed by atoms with van der Waals surface area (Å²) in [5, 5.41) is 0. The summed E-state index contributed by atoms with van der Waals surface area (Å²) in [5.74, 6) is -0.300. The molecule has 0 aliphatic heterocycles. The van der Waals surface area contributed by atoms with Gasteiger partial charge in [0.1, 0.15) is 5.69 Å². The van der Waals surface area contributed by atoms with Crippen molar-refractivity contribution < 1.29 is 9.53 Å². The summed E-state index contributed by atoms with van der Waals surface area (Å²) < 4.78 is 6.43. The first-order valence-corrected chi connectivity index (χ1v) is 4.62. The zero-order chi connectivity index (χ0) is 10.6. The van der Waals surface area contributed by atoms with Gasteiger partial charge in [0.2, 0.25) is 0 Å². The Labute approximate surface area is 83.7 Å². The van der Waals surface area contributed by atoms with Gasteiger partial charge in [0.25, 0.3) is 0 Å². The number of nitrogens with two attached hydrogens (primary N) is 1. The molecule has 1 aromatic rings. The fourth-order valence-electron chi connectivity index (χ4n) is 1.38. The number of carbonyl (C=O) groups excluding carboxylic acids is 1. The van der Waals surface area contributed by atoms with Crippen molar-refractivity contribution in [2.45, 2.75) is 12.8 Å². The largest absolute Gasteiger partial charge is 0.464 e. The van der Waals surface area contributed by atoms with Crippen molar-refractivity contribution in [2.75, 3.05) is 13.7 Å². The summed E-state index contributed by atoms with van der Waals surface area (Å²) in [6.07, 6.45) is 3.77. The Morgan fingerprint density at radius 2 is 2.36 bits per heavy atom. The maximum atomic E-state index is 11.3. The first-order valence-electron chi connectivity index (χ1n) is 4.62. The molecule has 14 heavy (non-hydrogen) atoms. The highest BCUT2D eigenvalue weighted by Crippen LogP contribution is 2.10. The predicted octanol–water partition coefficient (Wildman–Crippen LogP) is 0.703. The van der Waals surface area contributed by atoms with Crippen LogP contribution in [0.15, 0.2) is 12.3 Å². The second-order valence-electron chi connectivity index (χ2n) is 3.23. The third kappa shape index (κ3) is 2.35. The van der Waals surface area contributed by atoms with Crippen LogP contribution in [0.4, 0.5) is 0 Å². The predicted molar refractivity (Wildman–Crippen MR) is 54.1 cm³/mol. The number of rotatable bonds is 4. The van der Waals surface area contributed by atoms with Crippen LogP contribution in [0.25, 0.3) is 0 Å². The molecule has 0 fully saturated rings. The maximum Gasteiger partial charge on any atom is 0.354 e. The van der Waals surface area contributed by atoms with E-state index in [9.17, 15) is 4.79 Å². The number of nitrogens with zero attached hydrogens (tertiary/aromatic N) is 1. The maximum absolute atomic E-state index is 11.3. The highest BCUT2D eigenvalue weighted by atomic mass is 16.5. The minimum absolute atomic E-state index is 0.300. The van der Waals surface area contributed by atoms with Crippen LogP contribution in [0.2, 0.25) is 0 Å². The number of methoxy groups -OCH3 is 1. The van der Waals surface area contributed by atoms with Crippen LogP contribution >= 0.6 is 0 Å². The average Bonchev–Trinajstić information content (AvgIpc) is 2.55. The number of esters is 1. The van der Waals surface area contributed by atoms with Gasteiger partial charge in [-0.25, -0.2) is 4.79 Å². The standard InChI is InChI=1S/C10H16N2O2/c1-12-7-8(4-3-5-11)6-9(12)10(13)14-2/h6-7H,3-5,11H2,1-2H3. The molecule has 0 saturated carbocycles. The molecule has 78 valence electrons. The molecule has 4 heteroatoms. The zero-order valence-electron chi connectivity index (χ0n) is 8.62. The number of ether oxygens (including phenoxy) is 1. The van der Waals surface area contributed by atoms with Crippen molar-refractivity contribution in [3.63, 3.8) is 0 Å². The molecule has 4 nitrogen and oxygen atoms in total. The second-order valence-corrected chi connectivity index (χ2v) is 3.23. The molecule has 1 heterocycles. The molecule has 1 rings (SSSR count). The van der Waals surface area contributed by atoms with Crippen molar-refractivity contribution in [1.82, 2.24) is 4.57 Å². The van der Waals surface area contributed by atoms with Crippen molar-refractivity contribution in [3.8, 4) is 0 Å². The van der Waals surface area contributed by atoms with Crippen LogP contribution in [-0.4, -0.2) is 24.2 Å². The van der Waals surface area contributed by atoms with Gasteiger partial charge in [-0.1, -0.05) is 0 Å². The summed E-state index contributed by atoms with van der Waals surface area (Å²) in [6, 6.07) is 1.85. The minimum Gasteiger partial charge on any atom is -0.464 e. The van der Waals surface area contributed by atoms with Crippen LogP contribution in [0.5, 0.6) is 0 Å². The molecule has 0 atom stereocenters. The Balaban J connectivity index is 2.77. The molecule has 0 unspecified atom stereocenters. The van der Waals surface area contributed by atoms with E-state index in [1.165, 1.54) is 7.11 Å². The Hall–Kier alpha value is -1.29. The Morgan fingerprint density at radius 3 is 2.93 bits per heavy atom. The molecule has 1 aromatic heterocycles. The van der Waals surface area contributed by atoms with Crippen molar-refractivity contribution >= 4 is 5.97 Å². The van der Waals surface area contributed by atoms with E-state index < -0.39 is 0 Å². The number of carbonyl (C=O) groups is 1. The van der Waals surface area contributed by atoms with Crippen molar-refractivity contribution in [1.29, 1.82) is 0 Å². The lowest BCUT2D eigenvalue weighted by molar-refractivity contribution is 0.0590. The Bertz CT molecular complexity index is 318. The van der Waals surface area contributed by atoms with Crippen molar-refractivity contribution in [2.24, 2.45) is 12.8 Å². The van der Waals surface area contributed by atoms with Crippen LogP contribution in [0.3, 0.4) is 0 Å². The van der Waals surface area contributed by atoms with E-state index in [0.717, 1.165) is 18.4 Å². The van der Waals surface area contributed by atoms with Gasteiger partial charge in [0, 0.05) is 13.2 Å². The number of hydrogen-bond acceptors (Lipinski definition) is 3. The molecule has 0 spiro atoms. The molecule has 0 amide bonds. The summed E-state index contributed by atoms with van der Waals surface area (Å²) in [5.41, 5.74) is 7.12. The second kappa shape index (κ2) is 4.81. The van der Waals surface area contributed by atoms with E-state index in [4.69, 9.17) is 5.73 Å². The molecule has 0 aliphatic carbocycles. The monoisotopic (exact) mass is 196 g/mol. The van der Waals surface area contributed by atoms with E-state index in [-0.39, 0.29) is 5.97 Å². The fraction of sp³-hybridized carbons (Fsp3) is 0.500. The highest BCUT2D eigenvalue weighted by Gasteiger charge is 2.11. The summed E-state index contributed by atoms with van der Waals surface area (Å²) >= 11 is 0. The van der Waals surface area contributed by atoms with Crippen molar-refractivity contribution in [3.05, 3.63) is 23.5 Å². The zero-order valence-corrected chi connectivity index (χ0v) is 8.62. The lowest BCUT2D eigenvalue weighted by atomic mass is 10.2. The van der Waals surface area contributed by atoms with Gasteiger partial charge >= 0.3 is 5.97 Å². The van der Waals surface area contributed by atoms with E-state index in [1.807, 2.05) is 19.3 Å². The van der Waals surface area contributed by atoms with E-state index in [2.05, 4.69) is 4.74 Å². The van der Waals surface area contributed by atoms with Gasteiger partial charge in [0.05, 0.1) is 7.11 Å². The fourth-order valence-corrected chi connectivity index (χ4v) is 1.38. The summed E-state index contributed by atoms with van der Waals surface area (Å²) in [6.45, 7) is 0.669. The molecule has 0 aliphatic rings. The van der Waals surface area contributed by atoms with Gasteiger partial charge in [-0.05, 0) is 31.0 Å². The molecule has 0 aromatic carbocycles. The van der Waals surface area contributed by atoms with E-state index >= 15 is 0 Å². The molecular formula is C10H16N2O2. The summed E-state index contributed by atoms with van der Waals surface area (Å²) in [7, 11) is 3.22. The van der Waals surface area contributed by atoms with E-state index in [1.54, 1.807) is 4.57 Å². The normalized spacial score (nSPS) is 10.2. The molecular weight excluding hydrogens is 180 g/mol. The van der Waals surface area contributed by atoms with Crippen LogP contribution in [0, 0.1) is 0 Å². The first kappa shape index (κ1) is 10.8. The highest BCUT2D eigenvalue weighted by molar-refractivity contribution is 5.87. The Morgan fingerprint density at radius 1 is 1.64 bits per heavy atom. The smallest absolute Gasteiger partial charge is 0.354 e. The molecule has 2 N–H and O–H groups in total. The Kier molecular flexibility index (Phi) is 3.71. The number of hydrogen-bond donors (Lipinski definition) is 1. The van der Waals surface area contributed by atoms with Gasteiger partial charge in [-0.2, -0.15) is 0 Å². The number of aryl methyl sites for hydroxylation is 2. The average molecular weight is 196 g/mol. The third-order valence-electron chi connectivity index (χ3n) is 2.13. The minimum atomic E-state index is -0.300. The number of aromatic nitrogens is 1. The van der Waals surface area contributed by atoms with Crippen LogP contribution in [0.1, 0.15) is 22.5 Å². The van der Waals surface area contributed by atoms with Gasteiger partial charge in [0.15, 0.2) is 0 Å². The van der Waals surface area contributed by atoms with Gasteiger partial charge in [-0.3, -0.25) is 0 Å². The molecule has 0 bridgehead atoms. The first-order chi connectivity index (χ1) is 6.69. The van der Waals surface area contributed by atoms with Gasteiger partial charge < -0.3 is 15.0 Å². The lowest BCUT2D eigenvalue weighted by Crippen LogP contribution is -2.06. The third-order valence-corrected chi connectivity index (χ3v) is 2.13. The molecule has 0 radical (unpaired) electrons. The quantitative estimate of drug-likeness (QED) is 0.721. The van der Waals surface area contributed by atoms with Crippen LogP contribution in [-0.2, 0) is 18.2 Å². The van der Waals surface area contributed by atoms with Crippen LogP contribution < -0.4 is 5.73 Å². The lowest BCUT2D eigenvalue weighted by Gasteiger charge is -1.98. The van der Waals surface area contributed by atoms with Gasteiger partial charge in [-0.15, -0.1) is 0 Å². The topological polar surface area (TPSA) is 57.2 Å². The summed E-state index contributed by atoms with van der Waals surface area (Å²) in [4.78, 5) is 11.3.